The van der Waals surface area contributed by atoms with Crippen LogP contribution in [0.2, 0.25) is 0 Å². The van der Waals surface area contributed by atoms with Gasteiger partial charge in [-0.05, 0) is 56.8 Å². The first kappa shape index (κ1) is 18.7. The van der Waals surface area contributed by atoms with Crippen molar-refractivity contribution in [2.24, 2.45) is 5.92 Å². The van der Waals surface area contributed by atoms with Crippen LogP contribution >= 0.6 is 0 Å². The van der Waals surface area contributed by atoms with E-state index < -0.39 is 11.7 Å². The van der Waals surface area contributed by atoms with Crippen LogP contribution in [-0.4, -0.2) is 42.2 Å². The Labute approximate surface area is 139 Å². The molecule has 1 fully saturated rings. The lowest BCUT2D eigenvalue weighted by Crippen LogP contribution is -2.40. The van der Waals surface area contributed by atoms with Crippen LogP contribution < -0.4 is 5.32 Å². The third kappa shape index (κ3) is 5.21. The molecular weight excluding hydrogens is 321 g/mol. The smallest absolute Gasteiger partial charge is 0.396 e. The summed E-state index contributed by atoms with van der Waals surface area (Å²) in [5.74, 6) is 0.00897. The zero-order valence-corrected chi connectivity index (χ0v) is 13.6. The Morgan fingerprint density at radius 2 is 1.96 bits per heavy atom. The Morgan fingerprint density at radius 1 is 1.29 bits per heavy atom. The molecule has 1 aromatic carbocycles. The Kier molecular flexibility index (Phi) is 6.23. The van der Waals surface area contributed by atoms with E-state index in [0.29, 0.717) is 5.92 Å². The minimum atomic E-state index is -4.43. The van der Waals surface area contributed by atoms with Crippen molar-refractivity contribution in [2.75, 3.05) is 25.5 Å². The Hall–Kier alpha value is -1.60. The second-order valence-corrected chi connectivity index (χ2v) is 6.40. The Balaban J connectivity index is 1.87. The number of anilines is 1. The molecule has 1 aliphatic rings. The number of alkyl halides is 3. The van der Waals surface area contributed by atoms with Crippen molar-refractivity contribution in [3.63, 3.8) is 0 Å². The summed E-state index contributed by atoms with van der Waals surface area (Å²) < 4.78 is 38.0. The second kappa shape index (κ2) is 7.98. The van der Waals surface area contributed by atoms with Crippen LogP contribution in [-0.2, 0) is 11.0 Å². The first-order valence-electron chi connectivity index (χ1n) is 8.08. The molecule has 0 bridgehead atoms. The second-order valence-electron chi connectivity index (χ2n) is 6.40. The number of halogens is 3. The van der Waals surface area contributed by atoms with Gasteiger partial charge in [-0.15, -0.1) is 0 Å². The number of likely N-dealkylation sites (N-methyl/N-ethyl adjacent to an activating group) is 1. The average Bonchev–Trinajstić information content (AvgIpc) is 2.54. The van der Waals surface area contributed by atoms with Gasteiger partial charge >= 0.3 is 6.18 Å². The van der Waals surface area contributed by atoms with E-state index in [1.807, 2.05) is 11.9 Å². The van der Waals surface area contributed by atoms with Gasteiger partial charge in [0.15, 0.2) is 0 Å². The SMILES string of the molecule is CN(CC(=O)Nc1cccc(C(F)(F)F)c1)C1CCC(CO)CC1. The van der Waals surface area contributed by atoms with Gasteiger partial charge in [0, 0.05) is 18.3 Å². The standard InChI is InChI=1S/C17H23F3N2O2/c1-22(15-7-5-12(11-23)6-8-15)10-16(24)21-14-4-2-3-13(9-14)17(18,19)20/h2-4,9,12,15,23H,5-8,10-11H2,1H3,(H,21,24). The van der Waals surface area contributed by atoms with Gasteiger partial charge in [-0.25, -0.2) is 0 Å². The molecule has 0 radical (unpaired) electrons. The van der Waals surface area contributed by atoms with E-state index in [-0.39, 0.29) is 30.8 Å². The molecule has 0 heterocycles. The lowest BCUT2D eigenvalue weighted by atomic mass is 9.86. The number of aliphatic hydroxyl groups is 1. The zero-order chi connectivity index (χ0) is 17.7. The van der Waals surface area contributed by atoms with E-state index >= 15 is 0 Å². The maximum absolute atomic E-state index is 12.7. The summed E-state index contributed by atoms with van der Waals surface area (Å²) in [4.78, 5) is 14.0. The third-order valence-corrected chi connectivity index (χ3v) is 4.56. The number of carbonyl (C=O) groups excluding carboxylic acids is 1. The van der Waals surface area contributed by atoms with Crippen LogP contribution in [0.5, 0.6) is 0 Å². The molecule has 1 aromatic rings. The van der Waals surface area contributed by atoms with E-state index in [0.717, 1.165) is 37.8 Å². The number of amides is 1. The number of aliphatic hydroxyl groups excluding tert-OH is 1. The van der Waals surface area contributed by atoms with Gasteiger partial charge in [-0.2, -0.15) is 13.2 Å². The van der Waals surface area contributed by atoms with Gasteiger partial charge in [0.05, 0.1) is 12.1 Å². The predicted octanol–water partition coefficient (Wildman–Crippen LogP) is 3.13. The number of hydrogen-bond donors (Lipinski definition) is 2. The first-order chi connectivity index (χ1) is 11.3. The fourth-order valence-electron chi connectivity index (χ4n) is 3.10. The van der Waals surface area contributed by atoms with Crippen molar-refractivity contribution in [3.8, 4) is 0 Å². The minimum absolute atomic E-state index is 0.130. The number of nitrogens with zero attached hydrogens (tertiary/aromatic N) is 1. The normalized spacial score (nSPS) is 21.8. The highest BCUT2D eigenvalue weighted by Crippen LogP contribution is 2.30. The number of carbonyl (C=O) groups is 1. The molecule has 7 heteroatoms. The molecule has 0 aromatic heterocycles. The molecule has 2 N–H and O–H groups in total. The number of nitrogens with one attached hydrogen (secondary N) is 1. The average molecular weight is 344 g/mol. The van der Waals surface area contributed by atoms with Gasteiger partial charge in [0.2, 0.25) is 5.91 Å². The summed E-state index contributed by atoms with van der Waals surface area (Å²) in [7, 11) is 1.84. The molecule has 0 aliphatic heterocycles. The molecule has 0 spiro atoms. The third-order valence-electron chi connectivity index (χ3n) is 4.56. The van der Waals surface area contributed by atoms with Gasteiger partial charge in [0.25, 0.3) is 0 Å². The molecule has 0 atom stereocenters. The monoisotopic (exact) mass is 344 g/mol. The van der Waals surface area contributed by atoms with Crippen molar-refractivity contribution in [1.29, 1.82) is 0 Å². The Bertz CT molecular complexity index is 555. The van der Waals surface area contributed by atoms with Crippen molar-refractivity contribution in [1.82, 2.24) is 4.90 Å². The molecule has 1 aliphatic carbocycles. The zero-order valence-electron chi connectivity index (χ0n) is 13.6. The number of hydrogen-bond acceptors (Lipinski definition) is 3. The van der Waals surface area contributed by atoms with Crippen LogP contribution in [0.3, 0.4) is 0 Å². The summed E-state index contributed by atoms with van der Waals surface area (Å²) in [6.45, 7) is 0.331. The fourth-order valence-corrected chi connectivity index (χ4v) is 3.10. The lowest BCUT2D eigenvalue weighted by Gasteiger charge is -2.33. The topological polar surface area (TPSA) is 52.6 Å². The molecular formula is C17H23F3N2O2. The molecule has 0 unspecified atom stereocenters. The molecule has 134 valence electrons. The van der Waals surface area contributed by atoms with Crippen molar-refractivity contribution in [3.05, 3.63) is 29.8 Å². The summed E-state index contributed by atoms with van der Waals surface area (Å²) >= 11 is 0. The van der Waals surface area contributed by atoms with Crippen LogP contribution in [0, 0.1) is 5.92 Å². The van der Waals surface area contributed by atoms with Crippen molar-refractivity contribution in [2.45, 2.75) is 37.9 Å². The maximum Gasteiger partial charge on any atom is 0.416 e. The van der Waals surface area contributed by atoms with Crippen molar-refractivity contribution < 1.29 is 23.1 Å². The predicted molar refractivity (Wildman–Crippen MR) is 85.5 cm³/mol. The lowest BCUT2D eigenvalue weighted by molar-refractivity contribution is -0.137. The van der Waals surface area contributed by atoms with Gasteiger partial charge in [0.1, 0.15) is 0 Å². The largest absolute Gasteiger partial charge is 0.416 e. The molecule has 1 saturated carbocycles. The van der Waals surface area contributed by atoms with Crippen LogP contribution in [0.1, 0.15) is 31.2 Å². The van der Waals surface area contributed by atoms with Crippen molar-refractivity contribution >= 4 is 11.6 Å². The van der Waals surface area contributed by atoms with Crippen LogP contribution in [0.15, 0.2) is 24.3 Å². The summed E-state index contributed by atoms with van der Waals surface area (Å²) in [5.41, 5.74) is -0.636. The van der Waals surface area contributed by atoms with E-state index in [2.05, 4.69) is 5.32 Å². The van der Waals surface area contributed by atoms with Crippen LogP contribution in [0.4, 0.5) is 18.9 Å². The van der Waals surface area contributed by atoms with E-state index in [1.54, 1.807) is 0 Å². The highest BCUT2D eigenvalue weighted by Gasteiger charge is 2.30. The molecule has 1 amide bonds. The van der Waals surface area contributed by atoms with Gasteiger partial charge < -0.3 is 10.4 Å². The first-order valence-corrected chi connectivity index (χ1v) is 8.08. The Morgan fingerprint density at radius 3 is 2.54 bits per heavy atom. The van der Waals surface area contributed by atoms with E-state index in [1.165, 1.54) is 12.1 Å². The van der Waals surface area contributed by atoms with Crippen LogP contribution in [0.25, 0.3) is 0 Å². The minimum Gasteiger partial charge on any atom is -0.396 e. The summed E-state index contributed by atoms with van der Waals surface area (Å²) in [5, 5.41) is 11.7. The summed E-state index contributed by atoms with van der Waals surface area (Å²) in [6, 6.07) is 4.89. The fraction of sp³-hybridized carbons (Fsp3) is 0.588. The number of benzene rings is 1. The quantitative estimate of drug-likeness (QED) is 0.863. The van der Waals surface area contributed by atoms with Gasteiger partial charge in [-0.1, -0.05) is 6.07 Å². The van der Waals surface area contributed by atoms with E-state index in [9.17, 15) is 18.0 Å². The molecule has 4 nitrogen and oxygen atoms in total. The summed E-state index contributed by atoms with van der Waals surface area (Å²) in [6.07, 6.45) is -0.735. The maximum atomic E-state index is 12.7. The molecule has 0 saturated heterocycles. The van der Waals surface area contributed by atoms with E-state index in [4.69, 9.17) is 5.11 Å². The number of rotatable bonds is 5. The highest BCUT2D eigenvalue weighted by molar-refractivity contribution is 5.92. The molecule has 24 heavy (non-hydrogen) atoms. The molecule has 2 rings (SSSR count). The highest BCUT2D eigenvalue weighted by atomic mass is 19.4. The van der Waals surface area contributed by atoms with Gasteiger partial charge in [-0.3, -0.25) is 9.69 Å².